The Balaban J connectivity index is 1.58. The molecule has 2 atom stereocenters. The fraction of sp³-hybridized carbons (Fsp3) is 0.310. The first kappa shape index (κ1) is 25.5. The number of benzene rings is 3. The summed E-state index contributed by atoms with van der Waals surface area (Å²) in [6.45, 7) is 1.63. The maximum Gasteiger partial charge on any atom is 0.254 e. The van der Waals surface area contributed by atoms with Crippen molar-refractivity contribution in [2.24, 2.45) is 0 Å². The zero-order chi connectivity index (χ0) is 26.6. The van der Waals surface area contributed by atoms with E-state index in [0.29, 0.717) is 16.6 Å². The second kappa shape index (κ2) is 11.1. The molecule has 0 saturated heterocycles. The molecule has 5 rings (SSSR count). The average molecular weight is 518 g/mol. The van der Waals surface area contributed by atoms with Gasteiger partial charge in [-0.1, -0.05) is 49.6 Å². The number of amides is 2. The Morgan fingerprint density at radius 1 is 0.895 bits per heavy atom. The van der Waals surface area contributed by atoms with Crippen LogP contribution in [-0.4, -0.2) is 32.9 Å². The lowest BCUT2D eigenvalue weighted by molar-refractivity contribution is -0.128. The van der Waals surface area contributed by atoms with Crippen LogP contribution in [0.15, 0.2) is 72.8 Å². The largest absolute Gasteiger partial charge is 0.351 e. The van der Waals surface area contributed by atoms with Crippen LogP contribution in [-0.2, 0) is 9.59 Å². The quantitative estimate of drug-likeness (QED) is 0.351. The lowest BCUT2D eigenvalue weighted by atomic mass is 9.94. The molecule has 9 heteroatoms. The van der Waals surface area contributed by atoms with E-state index in [2.05, 4.69) is 15.5 Å². The molecule has 2 amide bonds. The maximum absolute atomic E-state index is 14.4. The molecule has 7 nitrogen and oxygen atoms in total. The summed E-state index contributed by atoms with van der Waals surface area (Å²) in [5.74, 6) is -1.94. The maximum atomic E-state index is 14.4. The SMILES string of the molecule is C[C@H](C(=O)N(c1cccc(F)c1)[C@@H](C(=O)NC1CCCCC1)c1ccc(F)cc1)n1nc2ccccc2n1. The molecule has 1 aliphatic rings. The number of hydrogen-bond acceptors (Lipinski definition) is 4. The van der Waals surface area contributed by atoms with E-state index in [0.717, 1.165) is 32.1 Å². The van der Waals surface area contributed by atoms with Crippen molar-refractivity contribution >= 4 is 28.5 Å². The Morgan fingerprint density at radius 3 is 2.18 bits per heavy atom. The van der Waals surface area contributed by atoms with E-state index >= 15 is 0 Å². The number of nitrogens with zero attached hydrogens (tertiary/aromatic N) is 4. The number of carbonyl (C=O) groups is 2. The summed E-state index contributed by atoms with van der Waals surface area (Å²) in [4.78, 5) is 30.6. The van der Waals surface area contributed by atoms with Crippen LogP contribution < -0.4 is 10.2 Å². The van der Waals surface area contributed by atoms with Gasteiger partial charge in [-0.15, -0.1) is 0 Å². The molecule has 4 aromatic rings. The van der Waals surface area contributed by atoms with E-state index in [-0.39, 0.29) is 11.7 Å². The molecule has 1 N–H and O–H groups in total. The van der Waals surface area contributed by atoms with E-state index in [1.807, 2.05) is 12.1 Å². The van der Waals surface area contributed by atoms with Crippen LogP contribution in [0.1, 0.15) is 56.7 Å². The summed E-state index contributed by atoms with van der Waals surface area (Å²) >= 11 is 0. The van der Waals surface area contributed by atoms with Gasteiger partial charge >= 0.3 is 0 Å². The summed E-state index contributed by atoms with van der Waals surface area (Å²) < 4.78 is 28.3. The number of rotatable bonds is 7. The monoisotopic (exact) mass is 517 g/mol. The minimum atomic E-state index is -1.17. The molecular weight excluding hydrogens is 488 g/mol. The van der Waals surface area contributed by atoms with Crippen molar-refractivity contribution in [1.29, 1.82) is 0 Å². The first-order chi connectivity index (χ1) is 18.4. The van der Waals surface area contributed by atoms with Crippen molar-refractivity contribution in [2.45, 2.75) is 57.2 Å². The van der Waals surface area contributed by atoms with Gasteiger partial charge in [-0.3, -0.25) is 14.5 Å². The highest BCUT2D eigenvalue weighted by Crippen LogP contribution is 2.32. The van der Waals surface area contributed by atoms with Gasteiger partial charge in [0.05, 0.1) is 0 Å². The highest BCUT2D eigenvalue weighted by atomic mass is 19.1. The minimum Gasteiger partial charge on any atom is -0.351 e. The molecule has 3 aromatic carbocycles. The molecule has 0 unspecified atom stereocenters. The fourth-order valence-corrected chi connectivity index (χ4v) is 4.97. The molecule has 0 radical (unpaired) electrons. The zero-order valence-electron chi connectivity index (χ0n) is 21.1. The smallest absolute Gasteiger partial charge is 0.254 e. The van der Waals surface area contributed by atoms with Crippen LogP contribution in [0.25, 0.3) is 11.0 Å². The molecule has 1 aromatic heterocycles. The number of anilines is 1. The van der Waals surface area contributed by atoms with Gasteiger partial charge in [0.15, 0.2) is 0 Å². The van der Waals surface area contributed by atoms with Crippen molar-refractivity contribution in [3.63, 3.8) is 0 Å². The fourth-order valence-electron chi connectivity index (χ4n) is 4.97. The second-order valence-corrected chi connectivity index (χ2v) is 9.67. The molecule has 0 bridgehead atoms. The van der Waals surface area contributed by atoms with E-state index in [9.17, 15) is 18.4 Å². The molecule has 1 fully saturated rings. The van der Waals surface area contributed by atoms with E-state index < -0.39 is 35.5 Å². The van der Waals surface area contributed by atoms with E-state index in [1.54, 1.807) is 25.1 Å². The van der Waals surface area contributed by atoms with Crippen molar-refractivity contribution in [3.8, 4) is 0 Å². The number of nitrogens with one attached hydrogen (secondary N) is 1. The standard InChI is InChI=1S/C29H29F2N5O2/c1-19(36-33-25-12-5-6-13-26(25)34-36)29(38)35(24-11-7-8-22(31)18-24)27(20-14-16-21(30)17-15-20)28(37)32-23-9-3-2-4-10-23/h5-8,11-19,23,27H,2-4,9-10H2,1H3,(H,32,37)/t19-,27-/m1/s1. The van der Waals surface area contributed by atoms with Crippen LogP contribution in [0.2, 0.25) is 0 Å². The first-order valence-corrected chi connectivity index (χ1v) is 12.9. The van der Waals surface area contributed by atoms with Crippen molar-refractivity contribution in [3.05, 3.63) is 90.0 Å². The molecule has 0 spiro atoms. The summed E-state index contributed by atoms with van der Waals surface area (Å²) in [7, 11) is 0. The molecular formula is C29H29F2N5O2. The Bertz CT molecular complexity index is 1400. The topological polar surface area (TPSA) is 80.1 Å². The van der Waals surface area contributed by atoms with Gasteiger partial charge in [0.2, 0.25) is 5.91 Å². The van der Waals surface area contributed by atoms with Crippen molar-refractivity contribution in [1.82, 2.24) is 20.3 Å². The number of hydrogen-bond donors (Lipinski definition) is 1. The molecule has 1 saturated carbocycles. The second-order valence-electron chi connectivity index (χ2n) is 9.67. The lowest BCUT2D eigenvalue weighted by Crippen LogP contribution is -2.49. The molecule has 38 heavy (non-hydrogen) atoms. The van der Waals surface area contributed by atoms with Gasteiger partial charge in [-0.05, 0) is 67.8 Å². The lowest BCUT2D eigenvalue weighted by Gasteiger charge is -2.34. The summed E-state index contributed by atoms with van der Waals surface area (Å²) in [5.41, 5.74) is 1.85. The van der Waals surface area contributed by atoms with Crippen LogP contribution in [0.3, 0.4) is 0 Å². The summed E-state index contributed by atoms with van der Waals surface area (Å²) in [6, 6.07) is 16.1. The van der Waals surface area contributed by atoms with Gasteiger partial charge < -0.3 is 5.32 Å². The molecule has 1 heterocycles. The highest BCUT2D eigenvalue weighted by Gasteiger charge is 2.37. The van der Waals surface area contributed by atoms with Gasteiger partial charge in [-0.2, -0.15) is 15.0 Å². The van der Waals surface area contributed by atoms with Crippen LogP contribution in [0.4, 0.5) is 14.5 Å². The number of carbonyl (C=O) groups excluding carboxylic acids is 2. The summed E-state index contributed by atoms with van der Waals surface area (Å²) in [6.07, 6.45) is 4.82. The van der Waals surface area contributed by atoms with Gasteiger partial charge in [0, 0.05) is 11.7 Å². The predicted molar refractivity (Wildman–Crippen MR) is 140 cm³/mol. The Morgan fingerprint density at radius 2 is 1.55 bits per heavy atom. The van der Waals surface area contributed by atoms with Crippen LogP contribution >= 0.6 is 0 Å². The van der Waals surface area contributed by atoms with Crippen molar-refractivity contribution < 1.29 is 18.4 Å². The Hall–Kier alpha value is -4.14. The van der Waals surface area contributed by atoms with Crippen LogP contribution in [0, 0.1) is 11.6 Å². The normalized spacial score (nSPS) is 15.7. The average Bonchev–Trinajstić information content (AvgIpc) is 3.36. The van der Waals surface area contributed by atoms with E-state index in [4.69, 9.17) is 0 Å². The van der Waals surface area contributed by atoms with Gasteiger partial charge in [0.25, 0.3) is 5.91 Å². The molecule has 196 valence electrons. The Kier molecular flexibility index (Phi) is 7.44. The predicted octanol–water partition coefficient (Wildman–Crippen LogP) is 5.49. The minimum absolute atomic E-state index is 0.0286. The summed E-state index contributed by atoms with van der Waals surface area (Å²) in [5, 5.41) is 12.0. The van der Waals surface area contributed by atoms with Crippen LogP contribution in [0.5, 0.6) is 0 Å². The van der Waals surface area contributed by atoms with E-state index in [1.165, 1.54) is 52.2 Å². The third-order valence-electron chi connectivity index (χ3n) is 6.97. The highest BCUT2D eigenvalue weighted by molar-refractivity contribution is 6.03. The van der Waals surface area contributed by atoms with Crippen molar-refractivity contribution in [2.75, 3.05) is 4.90 Å². The zero-order valence-corrected chi connectivity index (χ0v) is 21.1. The molecule has 0 aliphatic heterocycles. The van der Waals surface area contributed by atoms with Gasteiger partial charge in [-0.25, -0.2) is 8.78 Å². The third-order valence-corrected chi connectivity index (χ3v) is 6.97. The Labute approximate surface area is 219 Å². The third kappa shape index (κ3) is 5.41. The molecule has 1 aliphatic carbocycles. The number of fused-ring (bicyclic) bond motifs is 1. The number of aromatic nitrogens is 3. The first-order valence-electron chi connectivity index (χ1n) is 12.9. The number of halogens is 2. The van der Waals surface area contributed by atoms with Gasteiger partial charge in [0.1, 0.15) is 34.8 Å².